The number of carbonyl (C=O) groups excluding carboxylic acids is 1. The second kappa shape index (κ2) is 4.34. The molecule has 1 aromatic rings. The molecule has 0 heterocycles. The van der Waals surface area contributed by atoms with Crippen molar-refractivity contribution in [2.24, 2.45) is 5.73 Å². The second-order valence-corrected chi connectivity index (χ2v) is 4.68. The molecule has 3 nitrogen and oxygen atoms in total. The Labute approximate surface area is 99.8 Å². The Kier molecular flexibility index (Phi) is 3.06. The van der Waals surface area contributed by atoms with Crippen molar-refractivity contribution in [1.29, 1.82) is 0 Å². The van der Waals surface area contributed by atoms with Crippen LogP contribution in [0.1, 0.15) is 47.5 Å². The summed E-state index contributed by atoms with van der Waals surface area (Å²) >= 11 is 5.92. The third kappa shape index (κ3) is 1.87. The van der Waals surface area contributed by atoms with Gasteiger partial charge in [0.25, 0.3) is 5.91 Å². The van der Waals surface area contributed by atoms with Crippen molar-refractivity contribution in [2.75, 3.05) is 5.73 Å². The number of benzene rings is 1. The number of nitrogen functional groups attached to an aromatic ring is 1. The van der Waals surface area contributed by atoms with Crippen LogP contribution < -0.4 is 11.5 Å². The number of hydrogen-bond donors (Lipinski definition) is 2. The summed E-state index contributed by atoms with van der Waals surface area (Å²) in [4.78, 5) is 11.3. The molecule has 1 aromatic carbocycles. The Morgan fingerprint density at radius 1 is 1.31 bits per heavy atom. The van der Waals surface area contributed by atoms with Crippen molar-refractivity contribution < 1.29 is 4.79 Å². The molecule has 0 aliphatic heterocycles. The monoisotopic (exact) mass is 238 g/mol. The third-order valence-corrected chi connectivity index (χ3v) is 3.58. The van der Waals surface area contributed by atoms with Gasteiger partial charge in [0.05, 0.1) is 10.6 Å². The normalized spacial score (nSPS) is 16.6. The minimum absolute atomic E-state index is 0.270. The largest absolute Gasteiger partial charge is 0.398 e. The van der Waals surface area contributed by atoms with Gasteiger partial charge in [-0.1, -0.05) is 30.5 Å². The molecular formula is C12H15ClN2O. The van der Waals surface area contributed by atoms with Crippen LogP contribution in [-0.4, -0.2) is 5.91 Å². The Morgan fingerprint density at radius 2 is 1.94 bits per heavy atom. The SMILES string of the molecule is NC(=O)c1c(Cl)ccc(C2CCCC2)c1N. The third-order valence-electron chi connectivity index (χ3n) is 3.27. The predicted octanol–water partition coefficient (Wildman–Crippen LogP) is 2.68. The summed E-state index contributed by atoms with van der Waals surface area (Å²) in [6.07, 6.45) is 4.70. The molecular weight excluding hydrogens is 224 g/mol. The summed E-state index contributed by atoms with van der Waals surface area (Å²) in [5.74, 6) is -0.0993. The van der Waals surface area contributed by atoms with E-state index in [4.69, 9.17) is 23.1 Å². The summed E-state index contributed by atoms with van der Waals surface area (Å²) in [7, 11) is 0. The minimum atomic E-state index is -0.553. The summed E-state index contributed by atoms with van der Waals surface area (Å²) in [6.45, 7) is 0. The number of anilines is 1. The Bertz CT molecular complexity index is 425. The highest BCUT2D eigenvalue weighted by molar-refractivity contribution is 6.34. The van der Waals surface area contributed by atoms with Crippen LogP contribution in [0.2, 0.25) is 5.02 Å². The van der Waals surface area contributed by atoms with E-state index < -0.39 is 5.91 Å². The van der Waals surface area contributed by atoms with Crippen molar-refractivity contribution in [3.8, 4) is 0 Å². The molecule has 1 aliphatic rings. The maximum atomic E-state index is 11.3. The smallest absolute Gasteiger partial charge is 0.252 e. The fourth-order valence-corrected chi connectivity index (χ4v) is 2.71. The molecule has 86 valence electrons. The first-order valence-corrected chi connectivity index (χ1v) is 5.86. The number of carbonyl (C=O) groups is 1. The molecule has 4 heteroatoms. The van der Waals surface area contributed by atoms with Gasteiger partial charge in [0.1, 0.15) is 0 Å². The maximum absolute atomic E-state index is 11.3. The maximum Gasteiger partial charge on any atom is 0.252 e. The first kappa shape index (κ1) is 11.3. The Morgan fingerprint density at radius 3 is 2.50 bits per heavy atom. The molecule has 1 aliphatic carbocycles. The molecule has 0 aromatic heterocycles. The zero-order chi connectivity index (χ0) is 11.7. The van der Waals surface area contributed by atoms with Gasteiger partial charge in [-0.2, -0.15) is 0 Å². The van der Waals surface area contributed by atoms with Gasteiger partial charge in [-0.05, 0) is 30.4 Å². The van der Waals surface area contributed by atoms with Crippen LogP contribution in [0, 0.1) is 0 Å². The molecule has 16 heavy (non-hydrogen) atoms. The fourth-order valence-electron chi connectivity index (χ4n) is 2.45. The van der Waals surface area contributed by atoms with Gasteiger partial charge < -0.3 is 11.5 Å². The lowest BCUT2D eigenvalue weighted by Crippen LogP contribution is -2.16. The van der Waals surface area contributed by atoms with Gasteiger partial charge >= 0.3 is 0 Å². The van der Waals surface area contributed by atoms with Gasteiger partial charge in [0, 0.05) is 5.69 Å². The summed E-state index contributed by atoms with van der Waals surface area (Å²) in [5.41, 5.74) is 13.0. The van der Waals surface area contributed by atoms with E-state index in [9.17, 15) is 4.79 Å². The number of hydrogen-bond acceptors (Lipinski definition) is 2. The van der Waals surface area contributed by atoms with Gasteiger partial charge in [0.15, 0.2) is 0 Å². The number of halogens is 1. The molecule has 1 amide bonds. The lowest BCUT2D eigenvalue weighted by Gasteiger charge is -2.15. The summed E-state index contributed by atoms with van der Waals surface area (Å²) in [5, 5.41) is 0.340. The van der Waals surface area contributed by atoms with Gasteiger partial charge in [-0.15, -0.1) is 0 Å². The molecule has 0 spiro atoms. The van der Waals surface area contributed by atoms with Crippen molar-refractivity contribution >= 4 is 23.2 Å². The van der Waals surface area contributed by atoms with Crippen molar-refractivity contribution in [3.05, 3.63) is 28.3 Å². The lowest BCUT2D eigenvalue weighted by molar-refractivity contribution is 0.100. The molecule has 0 atom stereocenters. The zero-order valence-corrected chi connectivity index (χ0v) is 9.76. The highest BCUT2D eigenvalue weighted by Crippen LogP contribution is 2.39. The molecule has 0 saturated heterocycles. The van der Waals surface area contributed by atoms with Crippen LogP contribution in [0.15, 0.2) is 12.1 Å². The first-order chi connectivity index (χ1) is 7.61. The van der Waals surface area contributed by atoms with E-state index in [0.29, 0.717) is 16.6 Å². The number of rotatable bonds is 2. The zero-order valence-electron chi connectivity index (χ0n) is 9.00. The Balaban J connectivity index is 2.47. The van der Waals surface area contributed by atoms with Crippen LogP contribution >= 0.6 is 11.6 Å². The summed E-state index contributed by atoms with van der Waals surface area (Å²) in [6, 6.07) is 3.63. The molecule has 0 unspecified atom stereocenters. The van der Waals surface area contributed by atoms with E-state index in [1.54, 1.807) is 6.07 Å². The van der Waals surface area contributed by atoms with Crippen LogP contribution in [0.4, 0.5) is 5.69 Å². The molecule has 2 rings (SSSR count). The van der Waals surface area contributed by atoms with Crippen LogP contribution in [0.3, 0.4) is 0 Å². The molecule has 4 N–H and O–H groups in total. The molecule has 0 radical (unpaired) electrons. The quantitative estimate of drug-likeness (QED) is 0.778. The topological polar surface area (TPSA) is 69.1 Å². The van der Waals surface area contributed by atoms with Crippen LogP contribution in [0.25, 0.3) is 0 Å². The minimum Gasteiger partial charge on any atom is -0.398 e. The van der Waals surface area contributed by atoms with E-state index in [1.165, 1.54) is 12.8 Å². The van der Waals surface area contributed by atoms with E-state index in [1.807, 2.05) is 6.07 Å². The van der Waals surface area contributed by atoms with Gasteiger partial charge in [-0.25, -0.2) is 0 Å². The average molecular weight is 239 g/mol. The molecule has 0 bridgehead atoms. The highest BCUT2D eigenvalue weighted by Gasteiger charge is 2.22. The number of amides is 1. The molecule has 1 saturated carbocycles. The Hall–Kier alpha value is -1.22. The number of nitrogens with two attached hydrogens (primary N) is 2. The van der Waals surface area contributed by atoms with Crippen molar-refractivity contribution in [2.45, 2.75) is 31.6 Å². The van der Waals surface area contributed by atoms with E-state index in [2.05, 4.69) is 0 Å². The van der Waals surface area contributed by atoms with Crippen molar-refractivity contribution in [1.82, 2.24) is 0 Å². The second-order valence-electron chi connectivity index (χ2n) is 4.27. The number of primary amides is 1. The highest BCUT2D eigenvalue weighted by atomic mass is 35.5. The first-order valence-electron chi connectivity index (χ1n) is 5.49. The van der Waals surface area contributed by atoms with Gasteiger partial charge in [0.2, 0.25) is 0 Å². The van der Waals surface area contributed by atoms with Crippen LogP contribution in [0.5, 0.6) is 0 Å². The fraction of sp³-hybridized carbons (Fsp3) is 0.417. The average Bonchev–Trinajstić information content (AvgIpc) is 2.70. The van der Waals surface area contributed by atoms with E-state index in [-0.39, 0.29) is 5.56 Å². The van der Waals surface area contributed by atoms with E-state index in [0.717, 1.165) is 18.4 Å². The molecule has 1 fully saturated rings. The lowest BCUT2D eigenvalue weighted by atomic mass is 9.93. The van der Waals surface area contributed by atoms with E-state index >= 15 is 0 Å². The van der Waals surface area contributed by atoms with Crippen LogP contribution in [-0.2, 0) is 0 Å². The van der Waals surface area contributed by atoms with Crippen molar-refractivity contribution in [3.63, 3.8) is 0 Å². The standard InChI is InChI=1S/C12H15ClN2O/c13-9-6-5-8(7-3-1-2-4-7)11(14)10(9)12(15)16/h5-7H,1-4,14H2,(H2,15,16). The predicted molar refractivity (Wildman–Crippen MR) is 65.6 cm³/mol. The van der Waals surface area contributed by atoms with Gasteiger partial charge in [-0.3, -0.25) is 4.79 Å². The summed E-state index contributed by atoms with van der Waals surface area (Å²) < 4.78 is 0.